The van der Waals surface area contributed by atoms with Gasteiger partial charge in [0.1, 0.15) is 16.6 Å². The van der Waals surface area contributed by atoms with Crippen molar-refractivity contribution in [1.29, 1.82) is 0 Å². The predicted molar refractivity (Wildman–Crippen MR) is 606 cm³/mol. The zero-order valence-corrected chi connectivity index (χ0v) is 109. The van der Waals surface area contributed by atoms with Crippen LogP contribution in [0.1, 0.15) is 237 Å². The first-order chi connectivity index (χ1) is 69.0. The fourth-order valence-electron chi connectivity index (χ4n) is 17.1. The summed E-state index contributed by atoms with van der Waals surface area (Å²) in [6.07, 6.45) is 12.6. The first kappa shape index (κ1) is 125. The molecule has 3 N–H and O–H groups in total. The third-order valence-corrected chi connectivity index (χ3v) is 29.6. The molecule has 0 unspecified atom stereocenters. The van der Waals surface area contributed by atoms with Crippen LogP contribution >= 0.6 is 112 Å². The maximum absolute atomic E-state index is 9.53. The molecule has 0 amide bonds. The van der Waals surface area contributed by atoms with Crippen LogP contribution in [-0.4, -0.2) is 81.5 Å². The number of hydrogen-bond acceptors (Lipinski definition) is 14. The van der Waals surface area contributed by atoms with Crippen LogP contribution in [0, 0.1) is 13.3 Å². The van der Waals surface area contributed by atoms with Gasteiger partial charge in [-0.1, -0.05) is 259 Å². The van der Waals surface area contributed by atoms with E-state index in [4.69, 9.17) is 122 Å². The van der Waals surface area contributed by atoms with Gasteiger partial charge in [-0.25, -0.2) is 0 Å². The Kier molecular flexibility index (Phi) is 53.8. The number of benzene rings is 11. The Morgan fingerprint density at radius 2 is 0.610 bits per heavy atom. The number of alkyl halides is 2. The summed E-state index contributed by atoms with van der Waals surface area (Å²) in [5.41, 5.74) is 28.8. The van der Waals surface area contributed by atoms with Crippen molar-refractivity contribution in [2.24, 2.45) is 0 Å². The Labute approximate surface area is 1040 Å². The smallest absolute Gasteiger partial charge is 0.0267 e. The number of halogens is 10. The van der Waals surface area contributed by atoms with E-state index < -0.39 is 13.5 Å². The summed E-state index contributed by atoms with van der Waals surface area (Å²) in [6, 6.07) is 86.0. The Bertz CT molecular complexity index is 6310. The minimum absolute atomic E-state index is 0. The number of hydrogen-bond donors (Lipinski definition) is 3. The molecular formula is C118H122Cl10Cs2N8O6Ru2-. The maximum atomic E-state index is 9.53. The van der Waals surface area contributed by atoms with Crippen molar-refractivity contribution in [3.05, 3.63) is 419 Å². The number of fused-ring (bicyclic) bond motifs is 5. The Hall–Kier alpha value is -5.70. The average Bonchev–Trinajstić information content (AvgIpc) is 1.66. The van der Waals surface area contributed by atoms with Crippen molar-refractivity contribution < 1.29 is 201 Å². The summed E-state index contributed by atoms with van der Waals surface area (Å²) < 4.78 is 2.41. The summed E-state index contributed by atoms with van der Waals surface area (Å²) in [5.74, 6) is 4.03. The van der Waals surface area contributed by atoms with Crippen molar-refractivity contribution in [3.8, 4) is 17.2 Å². The molecule has 14 nitrogen and oxygen atoms in total. The van der Waals surface area contributed by atoms with Crippen molar-refractivity contribution >= 4 is 193 Å². The molecule has 0 bridgehead atoms. The fraction of sp³-hybridized carbons (Fsp3) is 0.246. The number of aromatic nitrogens is 4. The van der Waals surface area contributed by atoms with Gasteiger partial charge in [-0.05, 0) is 159 Å². The Morgan fingerprint density at radius 1 is 0.363 bits per heavy atom. The average molecular weight is 2570 g/mol. The van der Waals surface area contributed by atoms with Gasteiger partial charge in [-0.3, -0.25) is 24.7 Å². The molecule has 11 aromatic carbocycles. The van der Waals surface area contributed by atoms with Gasteiger partial charge in [0.15, 0.2) is 17.2 Å². The SMILES string of the molecule is CC(C)c1cccc(C(C)C)c1N1[CH-]N(c2c(C(C)C)cccc2C(C)C)CC1.CC(C)c1cccc(C(C)C)c1N1[CH-]N(c2c(C(C)C)cccc2C(C)C)CC1.ClCCl.O=CO[O-].Oc1c(Cl)cc(Cl)c2cccnc12.Oc1c(Cl)cc(Cl)c2cccnc12.Oc1c(Cl)cc(Cl)c2cccnc12.[Cl][Ru]([Cl])=[C]1C=C(c2ccccc2)c2ccccc21.[Cs+].[Cs+].[H-].[Ru+]=[C]1C=C(c2ccccc2)c2ccccc21.c1ccncc1. The molecule has 146 heavy (non-hydrogen) atoms. The van der Waals surface area contributed by atoms with Gasteiger partial charge in [-0.2, -0.15) is 13.3 Å². The number of phenols is 3. The molecule has 2 aliphatic heterocycles. The second-order valence-electron chi connectivity index (χ2n) is 36.3. The van der Waals surface area contributed by atoms with E-state index in [1.807, 2.05) is 42.5 Å². The van der Waals surface area contributed by atoms with Gasteiger partial charge in [0.05, 0.1) is 35.5 Å². The van der Waals surface area contributed by atoms with E-state index in [9.17, 15) is 15.3 Å². The second kappa shape index (κ2) is 62.6. The molecule has 2 fully saturated rings. The number of aromatic hydroxyl groups is 3. The van der Waals surface area contributed by atoms with Gasteiger partial charge < -0.3 is 46.5 Å². The Balaban J connectivity index is 0.000000231. The number of allylic oxidation sites excluding steroid dienone is 2. The van der Waals surface area contributed by atoms with Crippen molar-refractivity contribution in [3.63, 3.8) is 0 Å². The molecule has 4 aromatic heterocycles. The summed E-state index contributed by atoms with van der Waals surface area (Å²) >= 11 is 45.2. The number of pyridine rings is 4. The number of carbonyl (C=O) groups is 1. The topological polar surface area (TPSA) is 175 Å². The van der Waals surface area contributed by atoms with Gasteiger partial charge in [0, 0.05) is 96.1 Å². The number of carbonyl (C=O) groups excluding carboxylic acids is 1. The molecule has 759 valence electrons. The minimum Gasteiger partial charge on any atom is -0.265 e. The standard InChI is InChI=1S/2C27H39N2.2C15H10.3C9H5Cl2NO.C5H5N.CH2Cl2.CH2O3.2ClH.2Cs.2Ru.H/c2*1-18(2)22-11-9-12-23(19(3)4)26(22)28-15-16-29(17-28)27-24(20(5)6)13-10-14-25(27)21(7)8;2*1-2-6-12(7-3-1)15-11-10-13-8-4-5-9-14(13)15;3*10-6-4-7(11)9(13)8-5(6)2-1-3-12-8;1-2-4-6-5-3-1;2-1-3;2-1-4-3;;;;;;;/h2*9-14,17-21H,15-16H2,1-8H3;2*1-9,11H;3*1-4,13H;1-5H;1H2;1,3H;2*1H;;;;;/q2*-1;;;;;;;;;;;3*+1;+2;-1/p-3. The van der Waals surface area contributed by atoms with Crippen LogP contribution in [0.4, 0.5) is 22.7 Å². The molecular weight excluding hydrogens is 2450 g/mol. The molecule has 15 aromatic rings. The molecule has 2 aliphatic carbocycles. The molecule has 6 heterocycles. The molecule has 0 atom stereocenters. The van der Waals surface area contributed by atoms with Crippen LogP contribution in [-0.2, 0) is 41.1 Å². The number of para-hydroxylation sites is 4. The van der Waals surface area contributed by atoms with Gasteiger partial charge in [-0.15, -0.1) is 23.2 Å². The molecule has 4 aliphatic rings. The first-order valence-corrected chi connectivity index (χ1v) is 56.9. The maximum Gasteiger partial charge on any atom is 0.0267 e. The van der Waals surface area contributed by atoms with Gasteiger partial charge in [0.2, 0.25) is 0 Å². The predicted octanol–water partition coefficient (Wildman–Crippen LogP) is 27.8. The number of nitrogens with zero attached hydrogens (tertiary/aromatic N) is 8. The minimum atomic E-state index is -1.88. The first-order valence-electron chi connectivity index (χ1n) is 47.3. The zero-order valence-electron chi connectivity index (χ0n) is 86.3. The quantitative estimate of drug-likeness (QED) is 0.0221. The zero-order chi connectivity index (χ0) is 105. The number of phenolic OH excluding ortho intramolecular Hbond substituents is 3. The van der Waals surface area contributed by atoms with Gasteiger partial charge in [0.25, 0.3) is 6.47 Å². The molecule has 0 saturated carbocycles. The van der Waals surface area contributed by atoms with Crippen molar-refractivity contribution in [1.82, 2.24) is 19.9 Å². The fourth-order valence-corrected chi connectivity index (χ4v) is 21.7. The monoisotopic (exact) mass is 2570 g/mol. The van der Waals surface area contributed by atoms with Crippen LogP contribution in [0.5, 0.6) is 17.2 Å². The summed E-state index contributed by atoms with van der Waals surface area (Å²) in [6.45, 7) is 45.6. The summed E-state index contributed by atoms with van der Waals surface area (Å²) in [4.78, 5) is 37.0. The summed E-state index contributed by atoms with van der Waals surface area (Å²) in [7, 11) is 12.4. The molecule has 28 heteroatoms. The largest absolute Gasteiger partial charge is 0.265 e. The third-order valence-electron chi connectivity index (χ3n) is 23.9. The van der Waals surface area contributed by atoms with Crippen molar-refractivity contribution in [2.45, 2.75) is 158 Å². The van der Waals surface area contributed by atoms with Crippen LogP contribution in [0.25, 0.3) is 43.9 Å². The van der Waals surface area contributed by atoms with E-state index in [0.29, 0.717) is 95.1 Å². The van der Waals surface area contributed by atoms with E-state index in [1.165, 1.54) is 134 Å². The number of rotatable bonds is 15. The molecule has 19 rings (SSSR count). The molecule has 0 spiro atoms. The van der Waals surface area contributed by atoms with Crippen LogP contribution < -0.4 is 163 Å². The Morgan fingerprint density at radius 3 is 0.856 bits per heavy atom. The summed E-state index contributed by atoms with van der Waals surface area (Å²) in [5, 5.41) is 41.4. The second-order valence-corrected chi connectivity index (χ2v) is 46.3. The van der Waals surface area contributed by atoms with E-state index in [-0.39, 0.29) is 183 Å². The molecule has 2 saturated heterocycles. The van der Waals surface area contributed by atoms with Crippen LogP contribution in [0.2, 0.25) is 30.1 Å². The van der Waals surface area contributed by atoms with Crippen LogP contribution in [0.15, 0.2) is 298 Å². The van der Waals surface area contributed by atoms with E-state index in [0.717, 1.165) is 30.3 Å². The normalized spacial score (nSPS) is 12.6. The van der Waals surface area contributed by atoms with E-state index in [2.05, 4.69) is 356 Å². The molecule has 0 radical (unpaired) electrons. The van der Waals surface area contributed by atoms with E-state index >= 15 is 0 Å². The number of anilines is 4. The van der Waals surface area contributed by atoms with Crippen LogP contribution in [0.3, 0.4) is 0 Å². The van der Waals surface area contributed by atoms with Gasteiger partial charge >= 0.3 is 363 Å². The third kappa shape index (κ3) is 33.7. The van der Waals surface area contributed by atoms with E-state index in [1.54, 1.807) is 67.4 Å². The van der Waals surface area contributed by atoms with Crippen molar-refractivity contribution in [2.75, 3.05) is 51.1 Å².